The summed E-state index contributed by atoms with van der Waals surface area (Å²) in [5.74, 6) is -0.106. The fraction of sp³-hybridized carbons (Fsp3) is 0.882. The molecule has 8 nitrogen and oxygen atoms in total. The maximum absolute atomic E-state index is 12.5. The maximum Gasteiger partial charge on any atom is 0.318 e. The molecule has 144 valence electrons. The molecule has 2 saturated heterocycles. The van der Waals surface area contributed by atoms with Gasteiger partial charge in [0.2, 0.25) is 5.91 Å². The molecule has 2 aliphatic rings. The van der Waals surface area contributed by atoms with Crippen molar-refractivity contribution < 1.29 is 14.3 Å². The van der Waals surface area contributed by atoms with E-state index in [1.807, 2.05) is 13.8 Å². The molecule has 1 unspecified atom stereocenters. The van der Waals surface area contributed by atoms with E-state index in [9.17, 15) is 9.59 Å². The van der Waals surface area contributed by atoms with E-state index in [1.165, 1.54) is 0 Å². The van der Waals surface area contributed by atoms with Crippen molar-refractivity contribution in [1.29, 1.82) is 0 Å². The van der Waals surface area contributed by atoms with Crippen LogP contribution < -0.4 is 10.6 Å². The molecule has 8 heteroatoms. The SMILES string of the molecule is CC(C)NC(=O)C(CCN1CCN(C)CC1)NC(=O)N1CCOCC1. The highest BCUT2D eigenvalue weighted by Gasteiger charge is 2.26. The molecule has 2 rings (SSSR count). The normalized spacial score (nSPS) is 21.2. The molecular formula is C17H33N5O3. The standard InChI is InChI=1S/C17H33N5O3/c1-14(2)18-16(23)15(4-5-21-8-6-20(3)7-9-21)19-17(24)22-10-12-25-13-11-22/h14-15H,4-13H2,1-3H3,(H,18,23)(H,19,24). The van der Waals surface area contributed by atoms with E-state index in [0.717, 1.165) is 32.7 Å². The summed E-state index contributed by atoms with van der Waals surface area (Å²) in [6, 6.07) is -0.623. The molecule has 0 aliphatic carbocycles. The summed E-state index contributed by atoms with van der Waals surface area (Å²) in [6.45, 7) is 11.0. The van der Waals surface area contributed by atoms with Gasteiger partial charge in [0.25, 0.3) is 0 Å². The van der Waals surface area contributed by atoms with Crippen LogP contribution in [0.4, 0.5) is 4.79 Å². The summed E-state index contributed by atoms with van der Waals surface area (Å²) in [5.41, 5.74) is 0. The molecule has 3 amide bonds. The third kappa shape index (κ3) is 6.80. The highest BCUT2D eigenvalue weighted by Crippen LogP contribution is 2.05. The first-order chi connectivity index (χ1) is 12.0. The molecule has 2 heterocycles. The number of amides is 3. The van der Waals surface area contributed by atoms with Crippen LogP contribution in [0.3, 0.4) is 0 Å². The van der Waals surface area contributed by atoms with Gasteiger partial charge in [0.05, 0.1) is 13.2 Å². The van der Waals surface area contributed by atoms with E-state index in [-0.39, 0.29) is 18.0 Å². The first-order valence-corrected chi connectivity index (χ1v) is 9.30. The fourth-order valence-electron chi connectivity index (χ4n) is 3.04. The van der Waals surface area contributed by atoms with Gasteiger partial charge in [-0.3, -0.25) is 4.79 Å². The Labute approximate surface area is 150 Å². The summed E-state index contributed by atoms with van der Waals surface area (Å²) in [5, 5.41) is 5.84. The molecule has 0 bridgehead atoms. The number of carbonyl (C=O) groups excluding carboxylic acids is 2. The van der Waals surface area contributed by atoms with Gasteiger partial charge in [-0.2, -0.15) is 0 Å². The lowest BCUT2D eigenvalue weighted by Crippen LogP contribution is -2.55. The summed E-state index contributed by atoms with van der Waals surface area (Å²) in [7, 11) is 2.12. The second-order valence-corrected chi connectivity index (χ2v) is 7.20. The summed E-state index contributed by atoms with van der Waals surface area (Å²) < 4.78 is 5.28. The number of nitrogens with zero attached hydrogens (tertiary/aromatic N) is 3. The average Bonchev–Trinajstić information content (AvgIpc) is 2.60. The monoisotopic (exact) mass is 355 g/mol. The average molecular weight is 355 g/mol. The van der Waals surface area contributed by atoms with Crippen molar-refractivity contribution in [3.63, 3.8) is 0 Å². The van der Waals surface area contributed by atoms with Gasteiger partial charge in [0.15, 0.2) is 0 Å². The van der Waals surface area contributed by atoms with Crippen LogP contribution in [0.5, 0.6) is 0 Å². The number of piperazine rings is 1. The molecule has 2 fully saturated rings. The summed E-state index contributed by atoms with van der Waals surface area (Å²) >= 11 is 0. The molecule has 2 aliphatic heterocycles. The van der Waals surface area contributed by atoms with Crippen LogP contribution in [0.2, 0.25) is 0 Å². The minimum absolute atomic E-state index is 0.0546. The Morgan fingerprint density at radius 2 is 1.64 bits per heavy atom. The predicted octanol–water partition coefficient (Wildman–Crippen LogP) is -0.441. The van der Waals surface area contributed by atoms with Gasteiger partial charge in [-0.15, -0.1) is 0 Å². The van der Waals surface area contributed by atoms with E-state index in [4.69, 9.17) is 4.74 Å². The van der Waals surface area contributed by atoms with Crippen LogP contribution >= 0.6 is 0 Å². The van der Waals surface area contributed by atoms with Crippen molar-refractivity contribution in [2.24, 2.45) is 0 Å². The van der Waals surface area contributed by atoms with Gasteiger partial charge in [-0.05, 0) is 27.3 Å². The zero-order valence-corrected chi connectivity index (χ0v) is 15.8. The van der Waals surface area contributed by atoms with Crippen LogP contribution in [0.25, 0.3) is 0 Å². The second-order valence-electron chi connectivity index (χ2n) is 7.20. The third-order valence-electron chi connectivity index (χ3n) is 4.67. The second kappa shape index (κ2) is 9.94. The van der Waals surface area contributed by atoms with E-state index in [2.05, 4.69) is 27.5 Å². The molecule has 1 atom stereocenters. The Morgan fingerprint density at radius 3 is 2.24 bits per heavy atom. The third-order valence-corrected chi connectivity index (χ3v) is 4.67. The Kier molecular flexibility index (Phi) is 7.92. The van der Waals surface area contributed by atoms with Gasteiger partial charge in [0.1, 0.15) is 6.04 Å². The van der Waals surface area contributed by atoms with E-state index >= 15 is 0 Å². The lowest BCUT2D eigenvalue weighted by Gasteiger charge is -2.34. The molecule has 2 N–H and O–H groups in total. The zero-order valence-electron chi connectivity index (χ0n) is 15.8. The number of ether oxygens (including phenoxy) is 1. The fourth-order valence-corrected chi connectivity index (χ4v) is 3.04. The van der Waals surface area contributed by atoms with Gasteiger partial charge in [-0.1, -0.05) is 0 Å². The topological polar surface area (TPSA) is 77.2 Å². The molecule has 0 aromatic carbocycles. The zero-order chi connectivity index (χ0) is 18.2. The molecular weight excluding hydrogens is 322 g/mol. The number of morpholine rings is 1. The molecule has 0 radical (unpaired) electrons. The summed E-state index contributed by atoms with van der Waals surface area (Å²) in [6.07, 6.45) is 0.623. The van der Waals surface area contributed by atoms with E-state index in [0.29, 0.717) is 32.7 Å². The van der Waals surface area contributed by atoms with Crippen LogP contribution in [0.15, 0.2) is 0 Å². The highest BCUT2D eigenvalue weighted by atomic mass is 16.5. The van der Waals surface area contributed by atoms with Gasteiger partial charge in [-0.25, -0.2) is 4.79 Å². The molecule has 0 saturated carbocycles. The lowest BCUT2D eigenvalue weighted by molar-refractivity contribution is -0.123. The molecule has 25 heavy (non-hydrogen) atoms. The van der Waals surface area contributed by atoms with Gasteiger partial charge < -0.3 is 30.1 Å². The number of hydrogen-bond donors (Lipinski definition) is 2. The van der Waals surface area contributed by atoms with Crippen molar-refractivity contribution in [2.45, 2.75) is 32.4 Å². The quantitative estimate of drug-likeness (QED) is 0.675. The molecule has 0 aromatic heterocycles. The smallest absolute Gasteiger partial charge is 0.318 e. The molecule has 0 spiro atoms. The van der Waals surface area contributed by atoms with Crippen molar-refractivity contribution >= 4 is 11.9 Å². The Balaban J connectivity index is 1.87. The molecule has 0 aromatic rings. The van der Waals surface area contributed by atoms with Crippen LogP contribution in [-0.4, -0.2) is 105 Å². The van der Waals surface area contributed by atoms with E-state index in [1.54, 1.807) is 4.90 Å². The van der Waals surface area contributed by atoms with Crippen molar-refractivity contribution in [1.82, 2.24) is 25.3 Å². The number of rotatable bonds is 6. The largest absolute Gasteiger partial charge is 0.378 e. The van der Waals surface area contributed by atoms with Crippen molar-refractivity contribution in [3.8, 4) is 0 Å². The highest BCUT2D eigenvalue weighted by molar-refractivity contribution is 5.87. The Bertz CT molecular complexity index is 432. The lowest BCUT2D eigenvalue weighted by atomic mass is 10.1. The summed E-state index contributed by atoms with van der Waals surface area (Å²) in [4.78, 5) is 31.3. The van der Waals surface area contributed by atoms with Crippen LogP contribution in [0, 0.1) is 0 Å². The van der Waals surface area contributed by atoms with E-state index < -0.39 is 6.04 Å². The van der Waals surface area contributed by atoms with Crippen molar-refractivity contribution in [3.05, 3.63) is 0 Å². The number of likely N-dealkylation sites (N-methyl/N-ethyl adjacent to an activating group) is 1. The Morgan fingerprint density at radius 1 is 1.00 bits per heavy atom. The first kappa shape index (κ1) is 19.9. The predicted molar refractivity (Wildman–Crippen MR) is 96.5 cm³/mol. The number of urea groups is 1. The minimum Gasteiger partial charge on any atom is -0.378 e. The van der Waals surface area contributed by atoms with Crippen LogP contribution in [-0.2, 0) is 9.53 Å². The number of hydrogen-bond acceptors (Lipinski definition) is 5. The minimum atomic E-state index is -0.502. The van der Waals surface area contributed by atoms with Crippen LogP contribution in [0.1, 0.15) is 20.3 Å². The van der Waals surface area contributed by atoms with Gasteiger partial charge in [0, 0.05) is 51.9 Å². The van der Waals surface area contributed by atoms with Crippen molar-refractivity contribution in [2.75, 3.05) is 66.1 Å². The first-order valence-electron chi connectivity index (χ1n) is 9.30. The Hall–Kier alpha value is -1.38. The van der Waals surface area contributed by atoms with Gasteiger partial charge >= 0.3 is 6.03 Å². The maximum atomic E-state index is 12.5. The number of nitrogens with one attached hydrogen (secondary N) is 2. The number of carbonyl (C=O) groups is 2.